The number of nitrogens with zero attached hydrogens (tertiary/aromatic N) is 2. The first-order valence-corrected chi connectivity index (χ1v) is 10.9. The number of anilines is 2. The molecule has 0 aliphatic carbocycles. The largest absolute Gasteiger partial charge is 0.416 e. The number of carbonyl (C=O) groups is 1. The molecule has 3 rings (SSSR count). The van der Waals surface area contributed by atoms with Crippen molar-refractivity contribution in [2.75, 3.05) is 10.0 Å². The fraction of sp³-hybridized carbons (Fsp3) is 0.238. The summed E-state index contributed by atoms with van der Waals surface area (Å²) in [5, 5.41) is 6.86. The van der Waals surface area contributed by atoms with Gasteiger partial charge >= 0.3 is 6.18 Å². The number of carbonyl (C=O) groups excluding carboxylic acids is 1. The molecule has 0 saturated carbocycles. The van der Waals surface area contributed by atoms with E-state index in [1.165, 1.54) is 36.5 Å². The molecule has 2 aromatic carbocycles. The van der Waals surface area contributed by atoms with Crippen molar-refractivity contribution >= 4 is 27.3 Å². The van der Waals surface area contributed by atoms with E-state index in [4.69, 9.17) is 0 Å². The van der Waals surface area contributed by atoms with E-state index >= 15 is 0 Å². The van der Waals surface area contributed by atoms with Crippen LogP contribution in [0.15, 0.2) is 65.8 Å². The highest BCUT2D eigenvalue weighted by atomic mass is 32.2. The van der Waals surface area contributed by atoms with Crippen molar-refractivity contribution in [1.82, 2.24) is 9.78 Å². The highest BCUT2D eigenvalue weighted by Crippen LogP contribution is 2.31. The van der Waals surface area contributed by atoms with Crippen LogP contribution < -0.4 is 10.0 Å². The van der Waals surface area contributed by atoms with Crippen LogP contribution in [0.4, 0.5) is 24.5 Å². The lowest BCUT2D eigenvalue weighted by atomic mass is 10.1. The van der Waals surface area contributed by atoms with Gasteiger partial charge in [0.1, 0.15) is 0 Å². The van der Waals surface area contributed by atoms with Crippen LogP contribution in [-0.4, -0.2) is 24.1 Å². The predicted octanol–water partition coefficient (Wildman–Crippen LogP) is 4.71. The normalized spacial score (nSPS) is 12.4. The Hall–Kier alpha value is -3.34. The zero-order valence-electron chi connectivity index (χ0n) is 17.4. The number of rotatable bonds is 5. The van der Waals surface area contributed by atoms with E-state index in [0.717, 1.165) is 12.1 Å². The van der Waals surface area contributed by atoms with Crippen LogP contribution in [0.5, 0.6) is 0 Å². The average Bonchev–Trinajstić information content (AvgIpc) is 3.16. The van der Waals surface area contributed by atoms with E-state index in [2.05, 4.69) is 15.1 Å². The molecule has 1 heterocycles. The van der Waals surface area contributed by atoms with Gasteiger partial charge in [0.25, 0.3) is 15.9 Å². The van der Waals surface area contributed by atoms with E-state index < -0.39 is 27.7 Å². The minimum atomic E-state index is -4.60. The number of aromatic nitrogens is 2. The van der Waals surface area contributed by atoms with Gasteiger partial charge in [0.05, 0.1) is 27.9 Å². The average molecular weight is 466 g/mol. The maximum atomic E-state index is 12.8. The van der Waals surface area contributed by atoms with E-state index in [0.29, 0.717) is 11.8 Å². The van der Waals surface area contributed by atoms with E-state index in [1.54, 1.807) is 10.9 Å². The number of benzene rings is 2. The molecule has 0 spiro atoms. The minimum absolute atomic E-state index is 0.200. The standard InChI is InChI=1S/C21H21F3N4O3S/c1-20(2,3)28-13-17(12-25-28)26-19(29)14-7-9-18(10-8-14)32(30,31)27-16-6-4-5-15(11-16)21(22,23)24/h4-13,27H,1-3H3,(H,26,29). The number of hydrogen-bond acceptors (Lipinski definition) is 4. The van der Waals surface area contributed by atoms with E-state index in [1.807, 2.05) is 20.8 Å². The third-order valence-corrected chi connectivity index (χ3v) is 5.79. The quantitative estimate of drug-likeness (QED) is 0.570. The minimum Gasteiger partial charge on any atom is -0.319 e. The molecule has 7 nitrogen and oxygen atoms in total. The fourth-order valence-electron chi connectivity index (χ4n) is 2.72. The molecule has 3 aromatic rings. The van der Waals surface area contributed by atoms with E-state index in [9.17, 15) is 26.4 Å². The van der Waals surface area contributed by atoms with Crippen molar-refractivity contribution in [2.45, 2.75) is 37.4 Å². The summed E-state index contributed by atoms with van der Waals surface area (Å²) in [6, 6.07) is 8.89. The number of sulfonamides is 1. The molecule has 1 aromatic heterocycles. The molecule has 32 heavy (non-hydrogen) atoms. The van der Waals surface area contributed by atoms with Gasteiger partial charge in [-0.2, -0.15) is 18.3 Å². The molecule has 0 atom stereocenters. The number of halogens is 3. The first-order valence-electron chi connectivity index (χ1n) is 9.42. The van der Waals surface area contributed by atoms with Gasteiger partial charge in [0, 0.05) is 17.4 Å². The topological polar surface area (TPSA) is 93.1 Å². The molecule has 1 amide bonds. The summed E-state index contributed by atoms with van der Waals surface area (Å²) in [4.78, 5) is 12.2. The molecule has 11 heteroatoms. The summed E-state index contributed by atoms with van der Waals surface area (Å²) in [7, 11) is -4.15. The molecule has 0 saturated heterocycles. The highest BCUT2D eigenvalue weighted by molar-refractivity contribution is 7.92. The Kier molecular flexibility index (Phi) is 6.05. The van der Waals surface area contributed by atoms with Crippen molar-refractivity contribution < 1.29 is 26.4 Å². The summed E-state index contributed by atoms with van der Waals surface area (Å²) in [6.45, 7) is 5.87. The van der Waals surface area contributed by atoms with Crippen molar-refractivity contribution in [1.29, 1.82) is 0 Å². The summed E-state index contributed by atoms with van der Waals surface area (Å²) < 4.78 is 67.4. The Morgan fingerprint density at radius 2 is 1.66 bits per heavy atom. The van der Waals surface area contributed by atoms with Crippen molar-refractivity contribution in [2.24, 2.45) is 0 Å². The van der Waals surface area contributed by atoms with Crippen LogP contribution in [0.2, 0.25) is 0 Å². The molecule has 0 aliphatic rings. The lowest BCUT2D eigenvalue weighted by molar-refractivity contribution is -0.137. The molecule has 0 aliphatic heterocycles. The molecule has 0 radical (unpaired) electrons. The molecule has 0 unspecified atom stereocenters. The summed E-state index contributed by atoms with van der Waals surface area (Å²) in [5.41, 5.74) is -0.776. The second-order valence-corrected chi connectivity index (χ2v) is 9.69. The predicted molar refractivity (Wildman–Crippen MR) is 114 cm³/mol. The summed E-state index contributed by atoms with van der Waals surface area (Å²) in [5.74, 6) is -0.465. The maximum Gasteiger partial charge on any atom is 0.416 e. The molecular weight excluding hydrogens is 445 g/mol. The molecular formula is C21H21F3N4O3S. The van der Waals surface area contributed by atoms with Crippen molar-refractivity contribution in [3.8, 4) is 0 Å². The van der Waals surface area contributed by atoms with Crippen LogP contribution in [0, 0.1) is 0 Å². The van der Waals surface area contributed by atoms with Crippen LogP contribution in [-0.2, 0) is 21.7 Å². The highest BCUT2D eigenvalue weighted by Gasteiger charge is 2.30. The molecule has 0 fully saturated rings. The Balaban J connectivity index is 1.73. The number of alkyl halides is 3. The van der Waals surface area contributed by atoms with Crippen LogP contribution in [0.1, 0.15) is 36.7 Å². The summed E-state index contributed by atoms with van der Waals surface area (Å²) >= 11 is 0. The third-order valence-electron chi connectivity index (χ3n) is 4.40. The lowest BCUT2D eigenvalue weighted by Crippen LogP contribution is -2.22. The van der Waals surface area contributed by atoms with E-state index in [-0.39, 0.29) is 21.7 Å². The first kappa shape index (κ1) is 23.3. The van der Waals surface area contributed by atoms with Gasteiger partial charge in [-0.05, 0) is 63.2 Å². The van der Waals surface area contributed by atoms with Gasteiger partial charge < -0.3 is 5.32 Å². The van der Waals surface area contributed by atoms with Crippen LogP contribution in [0.3, 0.4) is 0 Å². The molecule has 170 valence electrons. The van der Waals surface area contributed by atoms with Crippen molar-refractivity contribution in [3.63, 3.8) is 0 Å². The van der Waals surface area contributed by atoms with Crippen LogP contribution in [0.25, 0.3) is 0 Å². The molecule has 2 N–H and O–H groups in total. The van der Waals surface area contributed by atoms with Gasteiger partial charge in [-0.25, -0.2) is 8.42 Å². The lowest BCUT2D eigenvalue weighted by Gasteiger charge is -2.18. The maximum absolute atomic E-state index is 12.8. The second-order valence-electron chi connectivity index (χ2n) is 8.01. The van der Waals surface area contributed by atoms with Crippen LogP contribution >= 0.6 is 0 Å². The number of amides is 1. The number of hydrogen-bond donors (Lipinski definition) is 2. The Morgan fingerprint density at radius 3 is 2.22 bits per heavy atom. The van der Waals surface area contributed by atoms with Gasteiger partial charge in [0.2, 0.25) is 0 Å². The fourth-order valence-corrected chi connectivity index (χ4v) is 3.77. The third kappa shape index (κ3) is 5.47. The SMILES string of the molecule is CC(C)(C)n1cc(NC(=O)c2ccc(S(=O)(=O)Nc3cccc(C(F)(F)F)c3)cc2)cn1. The first-order chi connectivity index (χ1) is 14.8. The Labute approximate surface area is 183 Å². The summed E-state index contributed by atoms with van der Waals surface area (Å²) in [6.07, 6.45) is -1.42. The Bertz CT molecular complexity index is 1230. The zero-order chi connectivity index (χ0) is 23.7. The van der Waals surface area contributed by atoms with Crippen molar-refractivity contribution in [3.05, 3.63) is 72.1 Å². The smallest absolute Gasteiger partial charge is 0.319 e. The monoisotopic (exact) mass is 466 g/mol. The second kappa shape index (κ2) is 8.30. The number of nitrogens with one attached hydrogen (secondary N) is 2. The zero-order valence-corrected chi connectivity index (χ0v) is 18.3. The van der Waals surface area contributed by atoms with Gasteiger partial charge in [-0.1, -0.05) is 6.07 Å². The van der Waals surface area contributed by atoms with Gasteiger partial charge in [-0.15, -0.1) is 0 Å². The van der Waals surface area contributed by atoms with Gasteiger partial charge in [-0.3, -0.25) is 14.2 Å². The Morgan fingerprint density at radius 1 is 1.00 bits per heavy atom. The van der Waals surface area contributed by atoms with Gasteiger partial charge in [0.15, 0.2) is 0 Å². The molecule has 0 bridgehead atoms.